The Labute approximate surface area is 72.3 Å². The molecule has 0 aliphatic carbocycles. The second kappa shape index (κ2) is 23.0. The minimum atomic E-state index is -1.01. The zero-order chi connectivity index (χ0) is 3.58. The van der Waals surface area contributed by atoms with Crippen LogP contribution in [-0.2, 0) is 12.0 Å². The molecular weight excluding hydrogens is 397 g/mol. The molecule has 0 radical (unpaired) electrons. The fourth-order valence-electron chi connectivity index (χ4n) is 0. The van der Waals surface area contributed by atoms with Gasteiger partial charge in [0.25, 0.3) is 0 Å². The van der Waals surface area contributed by atoms with E-state index in [0.717, 1.165) is 0 Å². The number of hydrogen-bond donors (Lipinski definition) is 0. The van der Waals surface area contributed by atoms with Crippen LogP contribution in [0.3, 0.4) is 0 Å². The molecule has 0 rings (SSSR count). The topological polar surface area (TPSA) is 126 Å². The van der Waals surface area contributed by atoms with Crippen LogP contribution in [0.4, 0.5) is 0 Å². The van der Waals surface area contributed by atoms with Crippen molar-refractivity contribution in [3.8, 4) is 0 Å². The van der Waals surface area contributed by atoms with Crippen LogP contribution in [0, 0.1) is 0 Å². The van der Waals surface area contributed by atoms with E-state index in [1.165, 1.54) is 0 Å². The maximum atomic E-state index is 3.29. The van der Waals surface area contributed by atoms with Gasteiger partial charge in [-0.05, 0) is 0 Å². The van der Waals surface area contributed by atoms with Crippen LogP contribution in [0.1, 0.15) is 0 Å². The van der Waals surface area contributed by atoms with Crippen molar-refractivity contribution in [1.82, 2.24) is 0 Å². The Morgan fingerprint density at radius 2 is 0.625 bits per heavy atom. The van der Waals surface area contributed by atoms with Crippen molar-refractivity contribution in [2.45, 2.75) is 0 Å². The Hall–Kier alpha value is 2.02. The van der Waals surface area contributed by atoms with Crippen LogP contribution in [0.25, 0.3) is 0 Å². The molecule has 4 nitrogen and oxygen atoms in total. The third-order valence-electron chi connectivity index (χ3n) is 0. The molecule has 0 aromatic carbocycles. The molecule has 0 saturated carbocycles. The molecule has 0 fully saturated rings. The summed E-state index contributed by atoms with van der Waals surface area (Å²) in [5, 5.41) is 0. The minimum absolute atomic E-state index is 0. The molecule has 0 atom stereocenters. The molecule has 0 unspecified atom stereocenters. The van der Waals surface area contributed by atoms with Gasteiger partial charge < -0.3 is 21.9 Å². The molecule has 0 bridgehead atoms. The number of hydrogen-bond acceptors (Lipinski definition) is 0. The first-order valence-electron chi connectivity index (χ1n) is 0.507. The Kier molecular flexibility index (Phi) is 93.1. The summed E-state index contributed by atoms with van der Waals surface area (Å²) in [5.41, 5.74) is 0. The summed E-state index contributed by atoms with van der Waals surface area (Å²) in [6.45, 7) is 0. The first-order valence-corrected chi connectivity index (χ1v) is 15.6. The summed E-state index contributed by atoms with van der Waals surface area (Å²) < 4.78 is 0. The van der Waals surface area contributed by atoms with Crippen molar-refractivity contribution in [3.05, 3.63) is 0 Å². The van der Waals surface area contributed by atoms with E-state index in [1.807, 2.05) is 0 Å². The maximum absolute atomic E-state index is 3.29. The van der Waals surface area contributed by atoms with Gasteiger partial charge in [0.15, 0.2) is 0 Å². The summed E-state index contributed by atoms with van der Waals surface area (Å²) in [5.74, 6) is 0. The van der Waals surface area contributed by atoms with Gasteiger partial charge in [-0.25, -0.2) is 0 Å². The molecule has 0 heterocycles. The van der Waals surface area contributed by atoms with E-state index in [1.54, 1.807) is 0 Å². The Balaban J connectivity index is -0.00000000750. The van der Waals surface area contributed by atoms with E-state index < -0.39 is 12.0 Å². The first-order chi connectivity index (χ1) is 1.73. The van der Waals surface area contributed by atoms with Gasteiger partial charge in [0, 0.05) is 0 Å². The Morgan fingerprint density at radius 1 is 0.625 bits per heavy atom. The van der Waals surface area contributed by atoms with Crippen LogP contribution in [-0.4, -0.2) is 21.9 Å². The van der Waals surface area contributed by atoms with Gasteiger partial charge in [-0.3, -0.25) is 0 Å². The van der Waals surface area contributed by atoms with Crippen LogP contribution < -0.4 is 0 Å². The Morgan fingerprint density at radius 3 is 0.625 bits per heavy atom. The zero-order valence-corrected chi connectivity index (χ0v) is 10.5. The van der Waals surface area contributed by atoms with Gasteiger partial charge in [0.05, 0.1) is 0 Å². The van der Waals surface area contributed by atoms with Crippen molar-refractivity contribution in [1.29, 1.82) is 0 Å². The predicted molar refractivity (Wildman–Crippen MR) is 41.2 cm³/mol. The SMILES string of the molecule is O.O.O.O.[Br][Nb]([Br])[Br]. The van der Waals surface area contributed by atoms with Gasteiger partial charge in [0.1, 0.15) is 0 Å². The summed E-state index contributed by atoms with van der Waals surface area (Å²) >= 11 is 8.85. The van der Waals surface area contributed by atoms with E-state index in [0.29, 0.717) is 0 Å². The first kappa shape index (κ1) is 32.3. The van der Waals surface area contributed by atoms with Crippen molar-refractivity contribution < 1.29 is 33.9 Å². The van der Waals surface area contributed by atoms with Crippen molar-refractivity contribution in [3.63, 3.8) is 0 Å². The molecular formula is H8Br3NbO4. The van der Waals surface area contributed by atoms with E-state index in [2.05, 4.69) is 39.1 Å². The average molecular weight is 405 g/mol. The van der Waals surface area contributed by atoms with Crippen LogP contribution in [0.15, 0.2) is 0 Å². The van der Waals surface area contributed by atoms with Crippen LogP contribution in [0.5, 0.6) is 0 Å². The normalized spacial score (nSPS) is 4.50. The fourth-order valence-corrected chi connectivity index (χ4v) is 0. The molecule has 0 saturated heterocycles. The van der Waals surface area contributed by atoms with Crippen molar-refractivity contribution >= 4 is 39.1 Å². The molecule has 0 aliphatic rings. The van der Waals surface area contributed by atoms with Gasteiger partial charge in [-0.1, -0.05) is 0 Å². The molecule has 8 heteroatoms. The predicted octanol–water partition coefficient (Wildman–Crippen LogP) is -0.765. The fraction of sp³-hybridized carbons (Fsp3) is 0. The molecule has 8 N–H and O–H groups in total. The molecule has 0 aromatic heterocycles. The van der Waals surface area contributed by atoms with E-state index >= 15 is 0 Å². The third kappa shape index (κ3) is 96.8. The summed E-state index contributed by atoms with van der Waals surface area (Å²) in [7, 11) is 0. The summed E-state index contributed by atoms with van der Waals surface area (Å²) in [6, 6.07) is 0. The van der Waals surface area contributed by atoms with Crippen molar-refractivity contribution in [2.24, 2.45) is 0 Å². The second-order valence-electron chi connectivity index (χ2n) is 0.192. The molecule has 8 heavy (non-hydrogen) atoms. The molecule has 0 spiro atoms. The number of halogens is 3. The van der Waals surface area contributed by atoms with Gasteiger partial charge in [-0.2, -0.15) is 0 Å². The summed E-state index contributed by atoms with van der Waals surface area (Å²) in [4.78, 5) is 0. The standard InChI is InChI=1S/3BrH.Nb.4H2O/h3*1H;;4*1H2/q;;;+3;;;;/p-3. The van der Waals surface area contributed by atoms with E-state index in [-0.39, 0.29) is 21.9 Å². The van der Waals surface area contributed by atoms with E-state index in [9.17, 15) is 0 Å². The third-order valence-corrected chi connectivity index (χ3v) is 0. The zero-order valence-electron chi connectivity index (χ0n) is 3.58. The van der Waals surface area contributed by atoms with Crippen molar-refractivity contribution in [2.75, 3.05) is 0 Å². The second-order valence-corrected chi connectivity index (χ2v) is 30.6. The molecule has 0 amide bonds. The quantitative estimate of drug-likeness (QED) is 0.470. The van der Waals surface area contributed by atoms with Crippen LogP contribution >= 0.6 is 39.1 Å². The molecule has 58 valence electrons. The van der Waals surface area contributed by atoms with Gasteiger partial charge >= 0.3 is 51.1 Å². The van der Waals surface area contributed by atoms with Crippen LogP contribution in [0.2, 0.25) is 0 Å². The van der Waals surface area contributed by atoms with Gasteiger partial charge in [0.2, 0.25) is 0 Å². The average Bonchev–Trinajstić information content (AvgIpc) is 0.811. The van der Waals surface area contributed by atoms with E-state index in [4.69, 9.17) is 0 Å². The summed E-state index contributed by atoms with van der Waals surface area (Å²) in [6.07, 6.45) is 0. The monoisotopic (exact) mass is 402 g/mol. The van der Waals surface area contributed by atoms with Gasteiger partial charge in [-0.15, -0.1) is 0 Å². The Bertz CT molecular complexity index is 16.0. The molecule has 0 aliphatic heterocycles. The molecule has 0 aromatic rings. The number of rotatable bonds is 0.